The lowest BCUT2D eigenvalue weighted by Gasteiger charge is -2.29. The first-order valence-corrected chi connectivity index (χ1v) is 8.34. The number of hydrogen-bond donors (Lipinski definition) is 0. The number of nitriles is 1. The predicted molar refractivity (Wildman–Crippen MR) is 93.4 cm³/mol. The Morgan fingerprint density at radius 2 is 1.96 bits per heavy atom. The Kier molecular flexibility index (Phi) is 4.25. The fourth-order valence-corrected chi connectivity index (χ4v) is 2.92. The van der Waals surface area contributed by atoms with E-state index in [9.17, 15) is 4.79 Å². The van der Waals surface area contributed by atoms with Gasteiger partial charge in [-0.15, -0.1) is 0 Å². The smallest absolute Gasteiger partial charge is 0.410 e. The van der Waals surface area contributed by atoms with E-state index in [0.29, 0.717) is 25.1 Å². The molecule has 0 fully saturated rings. The first-order chi connectivity index (χ1) is 11.8. The lowest BCUT2D eigenvalue weighted by Crippen LogP contribution is -2.39. The number of carbonyl (C=O) groups excluding carboxylic acids is 1. The van der Waals surface area contributed by atoms with E-state index in [1.54, 1.807) is 17.0 Å². The van der Waals surface area contributed by atoms with Crippen LogP contribution in [-0.2, 0) is 17.7 Å². The molecule has 0 aliphatic carbocycles. The molecule has 130 valence electrons. The van der Waals surface area contributed by atoms with E-state index in [1.807, 2.05) is 44.5 Å². The topological polar surface area (TPSA) is 71.2 Å². The summed E-state index contributed by atoms with van der Waals surface area (Å²) in [6.07, 6.45) is 0.419. The number of rotatable bonds is 1. The molecule has 0 N–H and O–H groups in total. The van der Waals surface area contributed by atoms with Crippen LogP contribution in [-0.4, -0.2) is 32.9 Å². The fraction of sp³-hybridized carbons (Fsp3) is 0.421. The lowest BCUT2D eigenvalue weighted by atomic mass is 10.1. The molecule has 0 bridgehead atoms. The van der Waals surface area contributed by atoms with Gasteiger partial charge in [0.15, 0.2) is 0 Å². The molecule has 6 nitrogen and oxygen atoms in total. The molecule has 0 saturated carbocycles. The summed E-state index contributed by atoms with van der Waals surface area (Å²) in [5.41, 5.74) is 4.12. The second kappa shape index (κ2) is 6.25. The Morgan fingerprint density at radius 3 is 2.56 bits per heavy atom. The predicted octanol–water partition coefficient (Wildman–Crippen LogP) is 3.35. The third-order valence-corrected chi connectivity index (χ3v) is 4.18. The molecule has 6 heteroatoms. The van der Waals surface area contributed by atoms with Crippen LogP contribution in [0.1, 0.15) is 43.3 Å². The monoisotopic (exact) mass is 338 g/mol. The van der Waals surface area contributed by atoms with Crippen molar-refractivity contribution in [2.75, 3.05) is 6.54 Å². The number of amides is 1. The molecule has 1 amide bonds. The first kappa shape index (κ1) is 17.0. The van der Waals surface area contributed by atoms with E-state index in [-0.39, 0.29) is 6.09 Å². The Morgan fingerprint density at radius 1 is 1.28 bits per heavy atom. The standard InChI is InChI=1S/C19H22N4O2/c1-13-16-12-22(18(24)25-19(2,3)4)10-9-17(16)21-23(13)15-7-5-14(11-20)6-8-15/h5-8H,9-10,12H2,1-4H3. The van der Waals surface area contributed by atoms with E-state index in [0.717, 1.165) is 22.6 Å². The maximum Gasteiger partial charge on any atom is 0.410 e. The average Bonchev–Trinajstić information content (AvgIpc) is 2.90. The van der Waals surface area contributed by atoms with Crippen LogP contribution < -0.4 is 0 Å². The van der Waals surface area contributed by atoms with Crippen LogP contribution in [0, 0.1) is 18.3 Å². The molecule has 2 heterocycles. The summed E-state index contributed by atoms with van der Waals surface area (Å²) in [7, 11) is 0. The second-order valence-corrected chi connectivity index (χ2v) is 7.23. The quantitative estimate of drug-likeness (QED) is 0.799. The Balaban J connectivity index is 1.85. The zero-order chi connectivity index (χ0) is 18.2. The largest absolute Gasteiger partial charge is 0.444 e. The van der Waals surface area contributed by atoms with E-state index < -0.39 is 5.60 Å². The van der Waals surface area contributed by atoms with Gasteiger partial charge in [0.2, 0.25) is 0 Å². The number of hydrogen-bond acceptors (Lipinski definition) is 4. The van der Waals surface area contributed by atoms with Gasteiger partial charge in [-0.05, 0) is 52.0 Å². The highest BCUT2D eigenvalue weighted by Gasteiger charge is 2.29. The molecule has 0 atom stereocenters. The van der Waals surface area contributed by atoms with E-state index in [1.165, 1.54) is 0 Å². The van der Waals surface area contributed by atoms with Crippen LogP contribution in [0.25, 0.3) is 5.69 Å². The molecule has 1 aliphatic rings. The van der Waals surface area contributed by atoms with Crippen LogP contribution in [0.2, 0.25) is 0 Å². The van der Waals surface area contributed by atoms with Gasteiger partial charge in [-0.1, -0.05) is 0 Å². The number of carbonyl (C=O) groups is 1. The van der Waals surface area contributed by atoms with Gasteiger partial charge in [-0.2, -0.15) is 10.4 Å². The third-order valence-electron chi connectivity index (χ3n) is 4.18. The van der Waals surface area contributed by atoms with Crippen LogP contribution in [0.5, 0.6) is 0 Å². The number of aromatic nitrogens is 2. The van der Waals surface area contributed by atoms with Gasteiger partial charge in [-0.3, -0.25) is 0 Å². The van der Waals surface area contributed by atoms with Crippen molar-refractivity contribution in [2.24, 2.45) is 0 Å². The highest BCUT2D eigenvalue weighted by Crippen LogP contribution is 2.25. The molecular formula is C19H22N4O2. The number of benzene rings is 1. The van der Waals surface area contributed by atoms with Crippen molar-refractivity contribution in [2.45, 2.75) is 46.3 Å². The minimum Gasteiger partial charge on any atom is -0.444 e. The maximum atomic E-state index is 12.3. The van der Waals surface area contributed by atoms with Gasteiger partial charge < -0.3 is 9.64 Å². The normalized spacial score (nSPS) is 14.0. The van der Waals surface area contributed by atoms with Crippen molar-refractivity contribution in [1.29, 1.82) is 5.26 Å². The second-order valence-electron chi connectivity index (χ2n) is 7.23. The highest BCUT2D eigenvalue weighted by atomic mass is 16.6. The zero-order valence-electron chi connectivity index (χ0n) is 15.0. The van der Waals surface area contributed by atoms with Crippen molar-refractivity contribution in [3.05, 3.63) is 46.8 Å². The summed E-state index contributed by atoms with van der Waals surface area (Å²) in [5, 5.41) is 13.6. The first-order valence-electron chi connectivity index (χ1n) is 8.34. The van der Waals surface area contributed by atoms with E-state index in [2.05, 4.69) is 6.07 Å². The molecule has 25 heavy (non-hydrogen) atoms. The number of fused-ring (bicyclic) bond motifs is 1. The molecule has 0 radical (unpaired) electrons. The van der Waals surface area contributed by atoms with Crippen molar-refractivity contribution < 1.29 is 9.53 Å². The molecule has 1 aromatic heterocycles. The molecular weight excluding hydrogens is 316 g/mol. The van der Waals surface area contributed by atoms with Crippen LogP contribution in [0.15, 0.2) is 24.3 Å². The van der Waals surface area contributed by atoms with Gasteiger partial charge in [0.05, 0.1) is 29.6 Å². The van der Waals surface area contributed by atoms with Crippen molar-refractivity contribution >= 4 is 6.09 Å². The SMILES string of the molecule is Cc1c2c(nn1-c1ccc(C#N)cc1)CCN(C(=O)OC(C)(C)C)C2. The summed E-state index contributed by atoms with van der Waals surface area (Å²) in [5.74, 6) is 0. The lowest BCUT2D eigenvalue weighted by molar-refractivity contribution is 0.0223. The molecule has 1 aliphatic heterocycles. The van der Waals surface area contributed by atoms with Gasteiger partial charge in [0.1, 0.15) is 5.60 Å². The van der Waals surface area contributed by atoms with Gasteiger partial charge in [0, 0.05) is 24.2 Å². The summed E-state index contributed by atoms with van der Waals surface area (Å²) < 4.78 is 7.36. The Bertz CT molecular complexity index is 838. The maximum absolute atomic E-state index is 12.3. The van der Waals surface area contributed by atoms with E-state index in [4.69, 9.17) is 15.1 Å². The molecule has 3 rings (SSSR count). The van der Waals surface area contributed by atoms with Gasteiger partial charge >= 0.3 is 6.09 Å². The van der Waals surface area contributed by atoms with Gasteiger partial charge in [0.25, 0.3) is 0 Å². The minimum absolute atomic E-state index is 0.288. The molecule has 0 spiro atoms. The Hall–Kier alpha value is -2.81. The molecule has 1 aromatic carbocycles. The zero-order valence-corrected chi connectivity index (χ0v) is 15.0. The van der Waals surface area contributed by atoms with Crippen LogP contribution in [0.3, 0.4) is 0 Å². The van der Waals surface area contributed by atoms with Crippen molar-refractivity contribution in [1.82, 2.24) is 14.7 Å². The van der Waals surface area contributed by atoms with E-state index >= 15 is 0 Å². The van der Waals surface area contributed by atoms with Crippen LogP contribution in [0.4, 0.5) is 4.79 Å². The average molecular weight is 338 g/mol. The molecule has 2 aromatic rings. The van der Waals surface area contributed by atoms with Crippen LogP contribution >= 0.6 is 0 Å². The number of ether oxygens (including phenoxy) is 1. The molecule has 0 unspecified atom stereocenters. The molecule has 0 saturated heterocycles. The third kappa shape index (κ3) is 3.50. The Labute approximate surface area is 147 Å². The van der Waals surface area contributed by atoms with Crippen molar-refractivity contribution in [3.63, 3.8) is 0 Å². The summed E-state index contributed by atoms with van der Waals surface area (Å²) in [6.45, 7) is 8.72. The number of nitrogens with zero attached hydrogens (tertiary/aromatic N) is 4. The fourth-order valence-electron chi connectivity index (χ4n) is 2.92. The minimum atomic E-state index is -0.501. The summed E-state index contributed by atoms with van der Waals surface area (Å²) in [4.78, 5) is 14.1. The summed E-state index contributed by atoms with van der Waals surface area (Å²) in [6, 6.07) is 9.45. The van der Waals surface area contributed by atoms with Crippen molar-refractivity contribution in [3.8, 4) is 11.8 Å². The summed E-state index contributed by atoms with van der Waals surface area (Å²) >= 11 is 0. The van der Waals surface area contributed by atoms with Gasteiger partial charge in [-0.25, -0.2) is 9.48 Å². The highest BCUT2D eigenvalue weighted by molar-refractivity contribution is 5.68.